The molecule has 130 valence electrons. The lowest BCUT2D eigenvalue weighted by Crippen LogP contribution is -2.27. The van der Waals surface area contributed by atoms with Gasteiger partial charge in [-0.1, -0.05) is 25.8 Å². The first-order chi connectivity index (χ1) is 11.6. The van der Waals surface area contributed by atoms with Crippen molar-refractivity contribution in [3.8, 4) is 0 Å². The number of carbonyl (C=O) groups excluding carboxylic acids is 2. The molecule has 1 heterocycles. The van der Waals surface area contributed by atoms with Crippen molar-refractivity contribution in [2.24, 2.45) is 11.8 Å². The van der Waals surface area contributed by atoms with Crippen LogP contribution in [0.25, 0.3) is 0 Å². The third-order valence-corrected chi connectivity index (χ3v) is 6.52. The number of benzene rings is 1. The topological polar surface area (TPSA) is 43.4 Å². The Kier molecular flexibility index (Phi) is 5.65. The summed E-state index contributed by atoms with van der Waals surface area (Å²) >= 11 is 1.79. The number of rotatable bonds is 4. The van der Waals surface area contributed by atoms with Crippen LogP contribution in [0.2, 0.25) is 0 Å². The van der Waals surface area contributed by atoms with Gasteiger partial charge in [0, 0.05) is 22.1 Å². The number of ketones is 1. The van der Waals surface area contributed by atoms with E-state index in [9.17, 15) is 9.59 Å². The molecule has 0 radical (unpaired) electrons. The van der Waals surface area contributed by atoms with E-state index >= 15 is 0 Å². The highest BCUT2D eigenvalue weighted by Crippen LogP contribution is 2.42. The Morgan fingerprint density at radius 2 is 2.12 bits per heavy atom. The molecule has 0 aromatic heterocycles. The van der Waals surface area contributed by atoms with E-state index in [-0.39, 0.29) is 17.8 Å². The molecule has 0 spiro atoms. The van der Waals surface area contributed by atoms with Crippen molar-refractivity contribution >= 4 is 23.5 Å². The molecule has 1 aliphatic carbocycles. The average molecular weight is 346 g/mol. The van der Waals surface area contributed by atoms with E-state index in [1.807, 2.05) is 32.0 Å². The highest BCUT2D eigenvalue weighted by Gasteiger charge is 2.35. The zero-order valence-electron chi connectivity index (χ0n) is 14.5. The van der Waals surface area contributed by atoms with Gasteiger partial charge in [0.15, 0.2) is 5.78 Å². The number of ether oxygens (including phenoxy) is 1. The van der Waals surface area contributed by atoms with E-state index < -0.39 is 0 Å². The SMILES string of the molecule is CCCOC(=O)C(C)c1ccc2c(c1)SCC1CCCCC1C2=O. The zero-order valence-corrected chi connectivity index (χ0v) is 15.4. The monoisotopic (exact) mass is 346 g/mol. The van der Waals surface area contributed by atoms with Crippen molar-refractivity contribution in [3.63, 3.8) is 0 Å². The Bertz CT molecular complexity index is 625. The van der Waals surface area contributed by atoms with Gasteiger partial charge in [0.2, 0.25) is 0 Å². The van der Waals surface area contributed by atoms with Crippen molar-refractivity contribution in [1.82, 2.24) is 0 Å². The third-order valence-electron chi connectivity index (χ3n) is 5.27. The van der Waals surface area contributed by atoms with Crippen LogP contribution in [0, 0.1) is 11.8 Å². The smallest absolute Gasteiger partial charge is 0.313 e. The molecule has 4 heteroatoms. The molecular weight excluding hydrogens is 320 g/mol. The maximum absolute atomic E-state index is 12.9. The molecule has 24 heavy (non-hydrogen) atoms. The maximum Gasteiger partial charge on any atom is 0.313 e. The van der Waals surface area contributed by atoms with Gasteiger partial charge in [-0.25, -0.2) is 0 Å². The summed E-state index contributed by atoms with van der Waals surface area (Å²) < 4.78 is 5.26. The van der Waals surface area contributed by atoms with E-state index in [4.69, 9.17) is 4.74 Å². The first-order valence-electron chi connectivity index (χ1n) is 9.09. The van der Waals surface area contributed by atoms with Gasteiger partial charge < -0.3 is 4.74 Å². The first-order valence-corrected chi connectivity index (χ1v) is 10.1. The normalized spacial score (nSPS) is 24.5. The summed E-state index contributed by atoms with van der Waals surface area (Å²) in [6.07, 6.45) is 5.45. The summed E-state index contributed by atoms with van der Waals surface area (Å²) in [4.78, 5) is 26.1. The number of thioether (sulfide) groups is 1. The molecule has 1 fully saturated rings. The van der Waals surface area contributed by atoms with Gasteiger partial charge in [0.25, 0.3) is 0 Å². The molecule has 1 aromatic carbocycles. The molecule has 0 N–H and O–H groups in total. The molecule has 0 bridgehead atoms. The number of hydrogen-bond acceptors (Lipinski definition) is 4. The number of hydrogen-bond donors (Lipinski definition) is 0. The van der Waals surface area contributed by atoms with Crippen molar-refractivity contribution in [3.05, 3.63) is 29.3 Å². The molecule has 3 atom stereocenters. The summed E-state index contributed by atoms with van der Waals surface area (Å²) in [5, 5.41) is 0. The van der Waals surface area contributed by atoms with Gasteiger partial charge in [-0.15, -0.1) is 11.8 Å². The Hall–Kier alpha value is -1.29. The molecule has 1 aliphatic heterocycles. The van der Waals surface area contributed by atoms with Crippen LogP contribution in [0.4, 0.5) is 0 Å². The standard InChI is InChI=1S/C20H26O3S/c1-3-10-23-20(22)13(2)14-8-9-17-18(11-14)24-12-15-6-4-5-7-16(15)19(17)21/h8-9,11,13,15-16H,3-7,10,12H2,1-2H3. The quantitative estimate of drug-likeness (QED) is 0.732. The minimum Gasteiger partial charge on any atom is -0.465 e. The fraction of sp³-hybridized carbons (Fsp3) is 0.600. The highest BCUT2D eigenvalue weighted by atomic mass is 32.2. The molecule has 1 aromatic rings. The molecule has 0 saturated heterocycles. The lowest BCUT2D eigenvalue weighted by Gasteiger charge is -2.28. The van der Waals surface area contributed by atoms with Gasteiger partial charge >= 0.3 is 5.97 Å². The third kappa shape index (κ3) is 3.53. The van der Waals surface area contributed by atoms with Crippen LogP contribution in [-0.4, -0.2) is 24.1 Å². The first kappa shape index (κ1) is 17.5. The highest BCUT2D eigenvalue weighted by molar-refractivity contribution is 7.99. The van der Waals surface area contributed by atoms with Crippen LogP contribution in [0.15, 0.2) is 23.1 Å². The van der Waals surface area contributed by atoms with E-state index in [1.165, 1.54) is 19.3 Å². The van der Waals surface area contributed by atoms with Gasteiger partial charge in [0.05, 0.1) is 12.5 Å². The Morgan fingerprint density at radius 1 is 1.33 bits per heavy atom. The second kappa shape index (κ2) is 7.73. The predicted octanol–water partition coefficient (Wildman–Crippen LogP) is 4.84. The van der Waals surface area contributed by atoms with Crippen LogP contribution in [0.3, 0.4) is 0 Å². The fourth-order valence-electron chi connectivity index (χ4n) is 3.74. The maximum atomic E-state index is 12.9. The number of carbonyl (C=O) groups is 2. The van der Waals surface area contributed by atoms with Crippen LogP contribution < -0.4 is 0 Å². The van der Waals surface area contributed by atoms with Gasteiger partial charge in [0.1, 0.15) is 0 Å². The lowest BCUT2D eigenvalue weighted by atomic mass is 9.76. The second-order valence-corrected chi connectivity index (χ2v) is 8.03. The molecule has 3 rings (SSSR count). The molecule has 1 saturated carbocycles. The van der Waals surface area contributed by atoms with E-state index in [2.05, 4.69) is 0 Å². The summed E-state index contributed by atoms with van der Waals surface area (Å²) in [6.45, 7) is 4.33. The number of esters is 1. The van der Waals surface area contributed by atoms with Crippen LogP contribution >= 0.6 is 11.8 Å². The summed E-state index contributed by atoms with van der Waals surface area (Å²) in [6, 6.07) is 5.89. The zero-order chi connectivity index (χ0) is 17.1. The van der Waals surface area contributed by atoms with E-state index in [0.29, 0.717) is 18.3 Å². The van der Waals surface area contributed by atoms with E-state index in [1.54, 1.807) is 11.8 Å². The largest absolute Gasteiger partial charge is 0.465 e. The van der Waals surface area contributed by atoms with E-state index in [0.717, 1.165) is 34.6 Å². The lowest BCUT2D eigenvalue weighted by molar-refractivity contribution is -0.145. The Labute approximate surface area is 148 Å². The fourth-order valence-corrected chi connectivity index (χ4v) is 5.08. The van der Waals surface area contributed by atoms with Crippen molar-refractivity contribution < 1.29 is 14.3 Å². The minimum atomic E-state index is -0.289. The van der Waals surface area contributed by atoms with Crippen LogP contribution in [0.1, 0.15) is 67.8 Å². The minimum absolute atomic E-state index is 0.185. The molecule has 3 unspecified atom stereocenters. The summed E-state index contributed by atoms with van der Waals surface area (Å²) in [7, 11) is 0. The van der Waals surface area contributed by atoms with Crippen molar-refractivity contribution in [2.75, 3.05) is 12.4 Å². The average Bonchev–Trinajstić information content (AvgIpc) is 2.76. The van der Waals surface area contributed by atoms with Crippen molar-refractivity contribution in [2.45, 2.75) is 56.8 Å². The van der Waals surface area contributed by atoms with Gasteiger partial charge in [-0.2, -0.15) is 0 Å². The summed E-state index contributed by atoms with van der Waals surface area (Å²) in [5.74, 6) is 1.57. The molecule has 0 amide bonds. The molecular formula is C20H26O3S. The molecule has 3 nitrogen and oxygen atoms in total. The number of Topliss-reactive ketones (excluding diaryl/α,β-unsaturated/α-hetero) is 1. The number of fused-ring (bicyclic) bond motifs is 2. The van der Waals surface area contributed by atoms with Crippen LogP contribution in [0.5, 0.6) is 0 Å². The van der Waals surface area contributed by atoms with Crippen molar-refractivity contribution in [1.29, 1.82) is 0 Å². The Balaban J connectivity index is 1.82. The summed E-state index contributed by atoms with van der Waals surface area (Å²) in [5.41, 5.74) is 1.80. The van der Waals surface area contributed by atoms with Gasteiger partial charge in [-0.3, -0.25) is 9.59 Å². The second-order valence-electron chi connectivity index (χ2n) is 6.97. The van der Waals surface area contributed by atoms with Crippen LogP contribution in [-0.2, 0) is 9.53 Å². The Morgan fingerprint density at radius 3 is 2.92 bits per heavy atom. The molecule has 2 aliphatic rings. The predicted molar refractivity (Wildman–Crippen MR) is 96.6 cm³/mol. The van der Waals surface area contributed by atoms with Gasteiger partial charge in [-0.05, 0) is 49.8 Å².